The summed E-state index contributed by atoms with van der Waals surface area (Å²) >= 11 is 0. The zero-order valence-electron chi connectivity index (χ0n) is 16.8. The average Bonchev–Trinajstić information content (AvgIpc) is 3.09. The van der Waals surface area contributed by atoms with Gasteiger partial charge in [-0.25, -0.2) is 0 Å². The Hall–Kier alpha value is -0.570. The number of likely N-dealkylation sites (tertiary alicyclic amines) is 2. The molecule has 2 fully saturated rings. The molecule has 2 rings (SSSR count). The highest BCUT2D eigenvalue weighted by molar-refractivity contribution is 14.0. The Labute approximate surface area is 176 Å². The number of guanidine groups is 1. The largest absolute Gasteiger partial charge is 0.356 e. The van der Waals surface area contributed by atoms with E-state index in [1.54, 1.807) is 0 Å². The van der Waals surface area contributed by atoms with Crippen molar-refractivity contribution in [2.45, 2.75) is 70.9 Å². The Bertz CT molecular complexity index is 446. The van der Waals surface area contributed by atoms with Crippen LogP contribution in [0.2, 0.25) is 0 Å². The van der Waals surface area contributed by atoms with Gasteiger partial charge in [0.25, 0.3) is 0 Å². The van der Waals surface area contributed by atoms with Crippen LogP contribution in [0.3, 0.4) is 0 Å². The minimum Gasteiger partial charge on any atom is -0.356 e. The summed E-state index contributed by atoms with van der Waals surface area (Å²) in [5.41, 5.74) is 0. The molecule has 6 nitrogen and oxygen atoms in total. The van der Waals surface area contributed by atoms with Gasteiger partial charge in [0.05, 0.1) is 0 Å². The van der Waals surface area contributed by atoms with Crippen LogP contribution in [0.1, 0.15) is 58.8 Å². The molecule has 0 aromatic rings. The average molecular weight is 479 g/mol. The number of halogens is 1. The zero-order chi connectivity index (χ0) is 18.1. The molecule has 2 saturated heterocycles. The van der Waals surface area contributed by atoms with E-state index in [-0.39, 0.29) is 29.9 Å². The van der Waals surface area contributed by atoms with Crippen LogP contribution in [0.5, 0.6) is 0 Å². The summed E-state index contributed by atoms with van der Waals surface area (Å²) in [5.74, 6) is 1.11. The van der Waals surface area contributed by atoms with Crippen molar-refractivity contribution in [1.29, 1.82) is 0 Å². The van der Waals surface area contributed by atoms with Gasteiger partial charge in [0.15, 0.2) is 5.96 Å². The molecule has 2 unspecified atom stereocenters. The summed E-state index contributed by atoms with van der Waals surface area (Å²) in [6, 6.07) is 1.07. The molecule has 0 aromatic carbocycles. The molecule has 152 valence electrons. The molecule has 2 aliphatic rings. The maximum atomic E-state index is 11.8. The Morgan fingerprint density at radius 3 is 2.69 bits per heavy atom. The van der Waals surface area contributed by atoms with Gasteiger partial charge in [-0.05, 0) is 52.1 Å². The number of carbonyl (C=O) groups excluding carboxylic acids is 1. The molecular weight excluding hydrogens is 441 g/mol. The molecular formula is C19H38IN5O. The number of piperidine rings is 1. The predicted octanol–water partition coefficient (Wildman–Crippen LogP) is 2.43. The maximum absolute atomic E-state index is 11.8. The van der Waals surface area contributed by atoms with Gasteiger partial charge >= 0.3 is 0 Å². The van der Waals surface area contributed by atoms with E-state index in [2.05, 4.69) is 27.4 Å². The second kappa shape index (κ2) is 12.8. The number of carbonyl (C=O) groups is 1. The second-order valence-corrected chi connectivity index (χ2v) is 7.41. The van der Waals surface area contributed by atoms with E-state index in [1.807, 2.05) is 18.9 Å². The van der Waals surface area contributed by atoms with E-state index < -0.39 is 0 Å². The third-order valence-electron chi connectivity index (χ3n) is 5.51. The van der Waals surface area contributed by atoms with Crippen molar-refractivity contribution < 1.29 is 4.79 Å². The number of nitrogens with zero attached hydrogens (tertiary/aromatic N) is 3. The molecule has 1 amide bonds. The van der Waals surface area contributed by atoms with Crippen LogP contribution in [0.4, 0.5) is 0 Å². The van der Waals surface area contributed by atoms with Crippen molar-refractivity contribution >= 4 is 35.8 Å². The quantitative estimate of drug-likeness (QED) is 0.255. The fourth-order valence-corrected chi connectivity index (χ4v) is 3.85. The molecule has 0 bridgehead atoms. The third-order valence-corrected chi connectivity index (χ3v) is 5.51. The normalized spacial score (nSPS) is 24.3. The highest BCUT2D eigenvalue weighted by atomic mass is 127. The lowest BCUT2D eigenvalue weighted by molar-refractivity contribution is -0.129. The van der Waals surface area contributed by atoms with Gasteiger partial charge in [0, 0.05) is 45.2 Å². The van der Waals surface area contributed by atoms with Gasteiger partial charge in [-0.3, -0.25) is 9.79 Å². The first-order chi connectivity index (χ1) is 12.1. The second-order valence-electron chi connectivity index (χ2n) is 7.41. The molecule has 2 aliphatic heterocycles. The van der Waals surface area contributed by atoms with Crippen molar-refractivity contribution in [2.24, 2.45) is 4.99 Å². The summed E-state index contributed by atoms with van der Waals surface area (Å²) < 4.78 is 0. The standard InChI is InChI=1S/C19H37N5O.HI/c1-4-18(25)24-14-10-17(15-24)22-19(20-3)21-11-6-8-13-23-12-7-5-9-16(23)2;/h16-17H,4-15H2,1-3H3,(H2,20,21,22);1H. The lowest BCUT2D eigenvalue weighted by Gasteiger charge is -2.33. The van der Waals surface area contributed by atoms with Crippen LogP contribution in [0.15, 0.2) is 4.99 Å². The smallest absolute Gasteiger partial charge is 0.222 e. The molecule has 26 heavy (non-hydrogen) atoms. The van der Waals surface area contributed by atoms with Crippen molar-refractivity contribution in [1.82, 2.24) is 20.4 Å². The van der Waals surface area contributed by atoms with Gasteiger partial charge in [0.1, 0.15) is 0 Å². The summed E-state index contributed by atoms with van der Waals surface area (Å²) in [5, 5.41) is 6.88. The number of amides is 1. The van der Waals surface area contributed by atoms with Crippen LogP contribution in [0, 0.1) is 0 Å². The van der Waals surface area contributed by atoms with E-state index in [0.717, 1.165) is 44.5 Å². The van der Waals surface area contributed by atoms with Gasteiger partial charge in [-0.1, -0.05) is 13.3 Å². The SMILES string of the molecule is CCC(=O)N1CCC(NC(=NC)NCCCCN2CCCCC2C)C1.I. The Morgan fingerprint density at radius 2 is 2.00 bits per heavy atom. The number of rotatable bonds is 7. The van der Waals surface area contributed by atoms with Crippen LogP contribution in [-0.4, -0.2) is 73.5 Å². The summed E-state index contributed by atoms with van der Waals surface area (Å²) in [6.07, 6.45) is 8.09. The van der Waals surface area contributed by atoms with Crippen LogP contribution in [-0.2, 0) is 4.79 Å². The number of hydrogen-bond donors (Lipinski definition) is 2. The molecule has 0 radical (unpaired) electrons. The molecule has 2 heterocycles. The molecule has 2 atom stereocenters. The van der Waals surface area contributed by atoms with Crippen molar-refractivity contribution in [3.8, 4) is 0 Å². The van der Waals surface area contributed by atoms with E-state index in [4.69, 9.17) is 0 Å². The minimum atomic E-state index is 0. The molecule has 7 heteroatoms. The highest BCUT2D eigenvalue weighted by Gasteiger charge is 2.25. The third kappa shape index (κ3) is 7.58. The molecule has 0 aromatic heterocycles. The van der Waals surface area contributed by atoms with E-state index in [1.165, 1.54) is 38.8 Å². The van der Waals surface area contributed by atoms with Crippen LogP contribution >= 0.6 is 24.0 Å². The van der Waals surface area contributed by atoms with Gasteiger partial charge in [0.2, 0.25) is 5.91 Å². The first-order valence-corrected chi connectivity index (χ1v) is 10.1. The number of hydrogen-bond acceptors (Lipinski definition) is 3. The summed E-state index contributed by atoms with van der Waals surface area (Å²) in [4.78, 5) is 20.7. The van der Waals surface area contributed by atoms with Crippen LogP contribution in [0.25, 0.3) is 0 Å². The Kier molecular flexibility index (Phi) is 11.5. The van der Waals surface area contributed by atoms with Gasteiger partial charge in [-0.15, -0.1) is 24.0 Å². The minimum absolute atomic E-state index is 0. The monoisotopic (exact) mass is 479 g/mol. The topological polar surface area (TPSA) is 60.0 Å². The fourth-order valence-electron chi connectivity index (χ4n) is 3.85. The van der Waals surface area contributed by atoms with Crippen molar-refractivity contribution in [3.05, 3.63) is 0 Å². The van der Waals surface area contributed by atoms with Crippen molar-refractivity contribution in [3.63, 3.8) is 0 Å². The predicted molar refractivity (Wildman–Crippen MR) is 119 cm³/mol. The molecule has 2 N–H and O–H groups in total. The summed E-state index contributed by atoms with van der Waals surface area (Å²) in [7, 11) is 1.81. The molecule has 0 aliphatic carbocycles. The lowest BCUT2D eigenvalue weighted by Crippen LogP contribution is -2.45. The zero-order valence-corrected chi connectivity index (χ0v) is 19.1. The first-order valence-electron chi connectivity index (χ1n) is 10.1. The molecule has 0 saturated carbocycles. The van der Waals surface area contributed by atoms with E-state index in [9.17, 15) is 4.79 Å². The number of nitrogens with one attached hydrogen (secondary N) is 2. The Balaban J connectivity index is 0.00000338. The number of unbranched alkanes of at least 4 members (excludes halogenated alkanes) is 1. The van der Waals surface area contributed by atoms with Crippen LogP contribution < -0.4 is 10.6 Å². The Morgan fingerprint density at radius 1 is 1.19 bits per heavy atom. The van der Waals surface area contributed by atoms with Gasteiger partial charge < -0.3 is 20.4 Å². The van der Waals surface area contributed by atoms with Crippen molar-refractivity contribution in [2.75, 3.05) is 39.8 Å². The lowest BCUT2D eigenvalue weighted by atomic mass is 10.0. The first kappa shape index (κ1) is 23.5. The van der Waals surface area contributed by atoms with Gasteiger partial charge in [-0.2, -0.15) is 0 Å². The summed E-state index contributed by atoms with van der Waals surface area (Å²) in [6.45, 7) is 9.37. The fraction of sp³-hybridized carbons (Fsp3) is 0.895. The van der Waals surface area contributed by atoms with E-state index in [0.29, 0.717) is 12.5 Å². The maximum Gasteiger partial charge on any atom is 0.222 e. The molecule has 0 spiro atoms. The number of aliphatic imine (C=N–C) groups is 1. The van der Waals surface area contributed by atoms with E-state index >= 15 is 0 Å². The highest BCUT2D eigenvalue weighted by Crippen LogP contribution is 2.16.